The van der Waals surface area contributed by atoms with Crippen LogP contribution in [0.1, 0.15) is 38.5 Å². The summed E-state index contributed by atoms with van der Waals surface area (Å²) in [7, 11) is 0. The lowest BCUT2D eigenvalue weighted by Crippen LogP contribution is -2.49. The van der Waals surface area contributed by atoms with Crippen LogP contribution in [0.4, 0.5) is 0 Å². The summed E-state index contributed by atoms with van der Waals surface area (Å²) in [5, 5.41) is 9.06. The van der Waals surface area contributed by atoms with Crippen molar-refractivity contribution < 1.29 is 0 Å². The van der Waals surface area contributed by atoms with Gasteiger partial charge in [0.1, 0.15) is 0 Å². The van der Waals surface area contributed by atoms with Gasteiger partial charge in [0.2, 0.25) is 0 Å². The van der Waals surface area contributed by atoms with Gasteiger partial charge in [-0.1, -0.05) is 0 Å². The van der Waals surface area contributed by atoms with Gasteiger partial charge in [0.25, 0.3) is 0 Å². The summed E-state index contributed by atoms with van der Waals surface area (Å²) in [5.41, 5.74) is 0. The number of likely N-dealkylation sites (tertiary alicyclic amines) is 1. The van der Waals surface area contributed by atoms with Crippen molar-refractivity contribution in [3.63, 3.8) is 0 Å². The molecule has 1 aliphatic heterocycles. The van der Waals surface area contributed by atoms with E-state index in [0.717, 1.165) is 23.5 Å². The van der Waals surface area contributed by atoms with E-state index in [2.05, 4.69) is 63.7 Å². The van der Waals surface area contributed by atoms with E-state index in [1.54, 1.807) is 11.3 Å². The van der Waals surface area contributed by atoms with Gasteiger partial charge < -0.3 is 15.5 Å². The zero-order valence-corrected chi connectivity index (χ0v) is 16.1. The fourth-order valence-electron chi connectivity index (χ4n) is 2.67. The first-order chi connectivity index (χ1) is 10.6. The maximum Gasteiger partial charge on any atom is 0.191 e. The average molecular weight is 387 g/mol. The quantitative estimate of drug-likeness (QED) is 0.601. The predicted octanol–water partition coefficient (Wildman–Crippen LogP) is 3.44. The Bertz CT molecular complexity index is 478. The van der Waals surface area contributed by atoms with E-state index < -0.39 is 0 Å². The van der Waals surface area contributed by atoms with E-state index in [1.165, 1.54) is 30.8 Å². The van der Waals surface area contributed by atoms with Crippen molar-refractivity contribution in [3.8, 4) is 0 Å². The zero-order valence-electron chi connectivity index (χ0n) is 13.7. The summed E-state index contributed by atoms with van der Waals surface area (Å²) in [4.78, 5) is 8.54. The van der Waals surface area contributed by atoms with Crippen molar-refractivity contribution >= 4 is 33.2 Å². The summed E-state index contributed by atoms with van der Waals surface area (Å²) in [6.07, 6.45) is 2.38. The first-order valence-corrected chi connectivity index (χ1v) is 9.77. The Balaban J connectivity index is 1.86. The monoisotopic (exact) mass is 386 g/mol. The summed E-state index contributed by atoms with van der Waals surface area (Å²) in [6, 6.07) is 3.32. The summed E-state index contributed by atoms with van der Waals surface area (Å²) >= 11 is 5.24. The highest BCUT2D eigenvalue weighted by Gasteiger charge is 2.21. The Kier molecular flexibility index (Phi) is 7.18. The molecule has 0 amide bonds. The normalized spacial score (nSPS) is 18.0. The van der Waals surface area contributed by atoms with Crippen LogP contribution in [0.2, 0.25) is 0 Å². The summed E-state index contributed by atoms with van der Waals surface area (Å²) in [6.45, 7) is 10.6. The van der Waals surface area contributed by atoms with Crippen molar-refractivity contribution in [2.24, 2.45) is 4.99 Å². The molecular weight excluding hydrogens is 360 g/mol. The van der Waals surface area contributed by atoms with Crippen LogP contribution in [0.5, 0.6) is 0 Å². The maximum absolute atomic E-state index is 4.72. The first-order valence-electron chi connectivity index (χ1n) is 8.10. The lowest BCUT2D eigenvalue weighted by molar-refractivity contribution is 0.167. The smallest absolute Gasteiger partial charge is 0.191 e. The molecule has 22 heavy (non-hydrogen) atoms. The van der Waals surface area contributed by atoms with Gasteiger partial charge in [-0.15, -0.1) is 11.3 Å². The van der Waals surface area contributed by atoms with E-state index in [0.29, 0.717) is 12.1 Å². The molecule has 1 saturated heterocycles. The van der Waals surface area contributed by atoms with Crippen molar-refractivity contribution in [3.05, 3.63) is 20.8 Å². The molecule has 0 bridgehead atoms. The predicted molar refractivity (Wildman–Crippen MR) is 99.7 cm³/mol. The van der Waals surface area contributed by atoms with Gasteiger partial charge in [0.15, 0.2) is 5.96 Å². The molecule has 124 valence electrons. The van der Waals surface area contributed by atoms with Crippen LogP contribution in [0.3, 0.4) is 0 Å². The van der Waals surface area contributed by atoms with Gasteiger partial charge in [0.05, 0.1) is 6.54 Å². The largest absolute Gasteiger partial charge is 0.357 e. The van der Waals surface area contributed by atoms with E-state index in [1.807, 2.05) is 0 Å². The minimum absolute atomic E-state index is 0.530. The van der Waals surface area contributed by atoms with E-state index in [-0.39, 0.29) is 0 Å². The molecule has 1 aromatic heterocycles. The number of nitrogens with zero attached hydrogens (tertiary/aromatic N) is 2. The van der Waals surface area contributed by atoms with Crippen LogP contribution in [0.25, 0.3) is 0 Å². The molecule has 0 radical (unpaired) electrons. The molecule has 1 aromatic rings. The van der Waals surface area contributed by atoms with Gasteiger partial charge in [-0.25, -0.2) is 4.99 Å². The lowest BCUT2D eigenvalue weighted by atomic mass is 10.0. The Morgan fingerprint density at radius 1 is 1.45 bits per heavy atom. The Morgan fingerprint density at radius 3 is 2.73 bits per heavy atom. The topological polar surface area (TPSA) is 39.7 Å². The molecule has 2 N–H and O–H groups in total. The molecule has 0 aliphatic carbocycles. The zero-order chi connectivity index (χ0) is 15.9. The number of rotatable bonds is 5. The highest BCUT2D eigenvalue weighted by atomic mass is 79.9. The Morgan fingerprint density at radius 2 is 2.18 bits per heavy atom. The Labute approximate surface area is 146 Å². The van der Waals surface area contributed by atoms with Crippen LogP contribution >= 0.6 is 27.3 Å². The molecule has 0 spiro atoms. The molecule has 2 rings (SSSR count). The van der Waals surface area contributed by atoms with Crippen LogP contribution in [-0.2, 0) is 6.54 Å². The number of hydrogen-bond donors (Lipinski definition) is 2. The highest BCUT2D eigenvalue weighted by molar-refractivity contribution is 9.10. The molecule has 0 unspecified atom stereocenters. The minimum atomic E-state index is 0.530. The molecule has 0 aromatic carbocycles. The van der Waals surface area contributed by atoms with Crippen LogP contribution < -0.4 is 10.6 Å². The van der Waals surface area contributed by atoms with Crippen LogP contribution in [-0.4, -0.2) is 42.6 Å². The number of halogens is 1. The number of guanidine groups is 1. The molecule has 0 saturated carbocycles. The highest BCUT2D eigenvalue weighted by Crippen LogP contribution is 2.20. The number of aliphatic imine (C=N–C) groups is 1. The van der Waals surface area contributed by atoms with Gasteiger partial charge in [-0.05, 0) is 55.6 Å². The van der Waals surface area contributed by atoms with E-state index in [9.17, 15) is 0 Å². The molecule has 1 aliphatic rings. The van der Waals surface area contributed by atoms with Crippen LogP contribution in [0.15, 0.2) is 20.9 Å². The van der Waals surface area contributed by atoms with Crippen molar-refractivity contribution in [1.29, 1.82) is 0 Å². The molecule has 1 fully saturated rings. The third kappa shape index (κ3) is 5.56. The van der Waals surface area contributed by atoms with Gasteiger partial charge in [0, 0.05) is 46.4 Å². The number of thiophene rings is 1. The van der Waals surface area contributed by atoms with Gasteiger partial charge in [-0.2, -0.15) is 0 Å². The van der Waals surface area contributed by atoms with Crippen molar-refractivity contribution in [2.45, 2.75) is 52.2 Å². The molecule has 0 atom stereocenters. The van der Waals surface area contributed by atoms with E-state index >= 15 is 0 Å². The first kappa shape index (κ1) is 17.8. The molecule has 6 heteroatoms. The number of piperidine rings is 1. The molecule has 2 heterocycles. The van der Waals surface area contributed by atoms with Crippen molar-refractivity contribution in [1.82, 2.24) is 15.5 Å². The van der Waals surface area contributed by atoms with Crippen LogP contribution in [0, 0.1) is 0 Å². The minimum Gasteiger partial charge on any atom is -0.357 e. The van der Waals surface area contributed by atoms with Gasteiger partial charge in [-0.3, -0.25) is 0 Å². The molecule has 4 nitrogen and oxygen atoms in total. The fraction of sp³-hybridized carbons (Fsp3) is 0.688. The van der Waals surface area contributed by atoms with Gasteiger partial charge >= 0.3 is 0 Å². The second kappa shape index (κ2) is 8.89. The Hall–Kier alpha value is -0.590. The molecular formula is C16H27BrN4S. The third-order valence-electron chi connectivity index (χ3n) is 3.96. The average Bonchev–Trinajstić information content (AvgIpc) is 2.91. The second-order valence-electron chi connectivity index (χ2n) is 5.97. The second-order valence-corrected chi connectivity index (χ2v) is 7.89. The van der Waals surface area contributed by atoms with E-state index in [4.69, 9.17) is 4.99 Å². The third-order valence-corrected chi connectivity index (χ3v) is 5.64. The lowest BCUT2D eigenvalue weighted by Gasteiger charge is -2.35. The van der Waals surface area contributed by atoms with Crippen molar-refractivity contribution in [2.75, 3.05) is 19.6 Å². The SMILES string of the molecule is CCNC(=NCc1cc(Br)cs1)NC1CCN(C(C)C)CC1. The summed E-state index contributed by atoms with van der Waals surface area (Å²) in [5.74, 6) is 0.940. The standard InChI is InChI=1S/C16H27BrN4S/c1-4-18-16(19-10-15-9-13(17)11-22-15)20-14-5-7-21(8-6-14)12(2)3/h9,11-12,14H,4-8,10H2,1-3H3,(H2,18,19,20). The summed E-state index contributed by atoms with van der Waals surface area (Å²) < 4.78 is 1.14. The number of nitrogens with one attached hydrogen (secondary N) is 2. The number of hydrogen-bond acceptors (Lipinski definition) is 3. The fourth-order valence-corrected chi connectivity index (χ4v) is 4.04. The maximum atomic E-state index is 4.72.